The SMILES string of the molecule is C[C@@H]1CCC[N+]1(C(=O)O)C(=O)[C@@H](N)CC(C(=O)O)C(C)(C)C. The molecule has 0 aromatic carbocycles. The number of nitrogens with zero attached hydrogens (tertiary/aromatic N) is 1. The number of quaternary nitrogens is 1. The first-order valence-corrected chi connectivity index (χ1v) is 7.58. The monoisotopic (exact) mass is 315 g/mol. The molecule has 126 valence electrons. The third-order valence-electron chi connectivity index (χ3n) is 4.77. The summed E-state index contributed by atoms with van der Waals surface area (Å²) in [5.74, 6) is -2.42. The molecule has 2 unspecified atom stereocenters. The molecule has 1 rings (SSSR count). The van der Waals surface area contributed by atoms with Crippen molar-refractivity contribution in [2.24, 2.45) is 17.1 Å². The minimum atomic E-state index is -1.20. The second kappa shape index (κ2) is 6.34. The molecule has 7 nitrogen and oxygen atoms in total. The van der Waals surface area contributed by atoms with Crippen LogP contribution in [0.15, 0.2) is 0 Å². The largest absolute Gasteiger partial charge is 0.521 e. The Morgan fingerprint density at radius 2 is 1.82 bits per heavy atom. The van der Waals surface area contributed by atoms with Crippen LogP contribution in [0.5, 0.6) is 0 Å². The normalized spacial score (nSPS) is 28.1. The van der Waals surface area contributed by atoms with Gasteiger partial charge in [-0.3, -0.25) is 4.79 Å². The number of rotatable bonds is 4. The molecule has 1 aliphatic rings. The van der Waals surface area contributed by atoms with Crippen LogP contribution in [0.3, 0.4) is 0 Å². The number of nitrogens with two attached hydrogens (primary N) is 1. The van der Waals surface area contributed by atoms with E-state index in [0.717, 1.165) is 0 Å². The molecule has 22 heavy (non-hydrogen) atoms. The molecule has 4 N–H and O–H groups in total. The van der Waals surface area contributed by atoms with E-state index in [0.29, 0.717) is 12.8 Å². The van der Waals surface area contributed by atoms with Gasteiger partial charge in [-0.15, -0.1) is 0 Å². The summed E-state index contributed by atoms with van der Waals surface area (Å²) in [5.41, 5.74) is 5.36. The maximum atomic E-state index is 12.7. The highest BCUT2D eigenvalue weighted by Gasteiger charge is 2.55. The fraction of sp³-hybridized carbons (Fsp3) is 0.800. The van der Waals surface area contributed by atoms with Gasteiger partial charge in [-0.05, 0) is 18.8 Å². The Bertz CT molecular complexity index is 471. The maximum absolute atomic E-state index is 12.7. The third kappa shape index (κ3) is 3.30. The van der Waals surface area contributed by atoms with Crippen molar-refractivity contribution in [1.82, 2.24) is 0 Å². The van der Waals surface area contributed by atoms with Crippen LogP contribution in [0.2, 0.25) is 0 Å². The number of amides is 2. The van der Waals surface area contributed by atoms with E-state index in [9.17, 15) is 24.6 Å². The molecule has 0 radical (unpaired) electrons. The van der Waals surface area contributed by atoms with Gasteiger partial charge in [0.1, 0.15) is 12.1 Å². The molecule has 1 saturated heterocycles. The molecule has 4 atom stereocenters. The van der Waals surface area contributed by atoms with Crippen molar-refractivity contribution < 1.29 is 29.1 Å². The number of aliphatic carboxylic acids is 1. The molecule has 2 amide bonds. The first-order chi connectivity index (χ1) is 9.94. The number of carbonyl (C=O) groups excluding carboxylic acids is 1. The van der Waals surface area contributed by atoms with E-state index in [2.05, 4.69) is 0 Å². The predicted molar refractivity (Wildman–Crippen MR) is 80.0 cm³/mol. The zero-order chi connectivity index (χ0) is 17.3. The van der Waals surface area contributed by atoms with Gasteiger partial charge in [0.25, 0.3) is 0 Å². The van der Waals surface area contributed by atoms with Gasteiger partial charge in [-0.1, -0.05) is 20.8 Å². The van der Waals surface area contributed by atoms with Crippen molar-refractivity contribution in [3.63, 3.8) is 0 Å². The van der Waals surface area contributed by atoms with Crippen molar-refractivity contribution in [2.45, 2.75) is 59.0 Å². The molecule has 0 bridgehead atoms. The van der Waals surface area contributed by atoms with Crippen molar-refractivity contribution in [1.29, 1.82) is 0 Å². The summed E-state index contributed by atoms with van der Waals surface area (Å²) in [5, 5.41) is 18.9. The van der Waals surface area contributed by atoms with Crippen molar-refractivity contribution >= 4 is 18.0 Å². The van der Waals surface area contributed by atoms with Crippen LogP contribution in [0.1, 0.15) is 47.0 Å². The van der Waals surface area contributed by atoms with E-state index in [1.165, 1.54) is 0 Å². The van der Waals surface area contributed by atoms with E-state index in [1.807, 2.05) is 0 Å². The summed E-state index contributed by atoms with van der Waals surface area (Å²) in [7, 11) is 0. The maximum Gasteiger partial charge on any atom is 0.521 e. The lowest BCUT2D eigenvalue weighted by Gasteiger charge is -2.34. The number of carboxylic acid groups (broad SMARTS) is 2. The van der Waals surface area contributed by atoms with Crippen LogP contribution in [0.4, 0.5) is 4.79 Å². The van der Waals surface area contributed by atoms with Crippen LogP contribution < -0.4 is 5.73 Å². The number of hydrogen-bond donors (Lipinski definition) is 3. The average molecular weight is 315 g/mol. The molecule has 0 saturated carbocycles. The molecule has 1 fully saturated rings. The number of likely N-dealkylation sites (tertiary alicyclic amines) is 1. The molecule has 0 aromatic heterocycles. The van der Waals surface area contributed by atoms with Gasteiger partial charge in [0.2, 0.25) is 0 Å². The van der Waals surface area contributed by atoms with Crippen LogP contribution in [-0.2, 0) is 9.59 Å². The highest BCUT2D eigenvalue weighted by molar-refractivity contribution is 5.85. The molecular formula is C15H27N2O5+. The Hall–Kier alpha value is -1.47. The van der Waals surface area contributed by atoms with Gasteiger partial charge in [0.15, 0.2) is 0 Å². The fourth-order valence-corrected chi connectivity index (χ4v) is 3.26. The van der Waals surface area contributed by atoms with E-state index in [1.54, 1.807) is 27.7 Å². The minimum absolute atomic E-state index is 0.0579. The van der Waals surface area contributed by atoms with Gasteiger partial charge in [0.05, 0.1) is 12.5 Å². The second-order valence-electron chi connectivity index (χ2n) is 7.30. The molecule has 0 aromatic rings. The van der Waals surface area contributed by atoms with Crippen molar-refractivity contribution in [3.05, 3.63) is 0 Å². The second-order valence-corrected chi connectivity index (χ2v) is 7.30. The third-order valence-corrected chi connectivity index (χ3v) is 4.77. The summed E-state index contributed by atoms with van der Waals surface area (Å²) in [6.45, 7) is 7.25. The first kappa shape index (κ1) is 18.6. The first-order valence-electron chi connectivity index (χ1n) is 7.58. The van der Waals surface area contributed by atoms with Gasteiger partial charge in [-0.25, -0.2) is 4.79 Å². The van der Waals surface area contributed by atoms with Crippen LogP contribution in [0, 0.1) is 11.3 Å². The lowest BCUT2D eigenvalue weighted by molar-refractivity contribution is -0.793. The highest BCUT2D eigenvalue weighted by atomic mass is 16.4. The molecule has 7 heteroatoms. The Balaban J connectivity index is 3.01. The standard InChI is InChI=1S/C15H26N2O5/c1-9-6-5-7-17(9,14(21)22)12(18)11(16)8-10(13(19)20)15(2,3)4/h9-11H,5-8,16H2,1-4H3,(H-,19,20,21,22)/p+1/t9-,10?,11+,17?/m1/s1. The number of carboxylic acids is 1. The quantitative estimate of drug-likeness (QED) is 0.679. The Morgan fingerprint density at radius 1 is 1.27 bits per heavy atom. The summed E-state index contributed by atoms with van der Waals surface area (Å²) in [6, 6.07) is -1.44. The van der Waals surface area contributed by atoms with Crippen molar-refractivity contribution in [3.8, 4) is 0 Å². The van der Waals surface area contributed by atoms with E-state index < -0.39 is 39.8 Å². The molecular weight excluding hydrogens is 288 g/mol. The zero-order valence-electron chi connectivity index (χ0n) is 13.7. The number of carbonyl (C=O) groups is 3. The van der Waals surface area contributed by atoms with E-state index in [4.69, 9.17) is 5.73 Å². The summed E-state index contributed by atoms with van der Waals surface area (Å²) >= 11 is 0. The van der Waals surface area contributed by atoms with Crippen LogP contribution >= 0.6 is 0 Å². The summed E-state index contributed by atoms with van der Waals surface area (Å²) in [6.07, 6.45) is 0.0329. The Labute approximate surface area is 130 Å². The Kier molecular flexibility index (Phi) is 5.35. The molecule has 0 spiro atoms. The predicted octanol–water partition coefficient (Wildman–Crippen LogP) is 1.65. The van der Waals surface area contributed by atoms with Gasteiger partial charge < -0.3 is 15.9 Å². The molecule has 1 aliphatic heterocycles. The van der Waals surface area contributed by atoms with Crippen molar-refractivity contribution in [2.75, 3.05) is 6.54 Å². The van der Waals surface area contributed by atoms with Gasteiger partial charge in [0, 0.05) is 12.8 Å². The number of hydrogen-bond acceptors (Lipinski definition) is 4. The lowest BCUT2D eigenvalue weighted by Crippen LogP contribution is -2.63. The van der Waals surface area contributed by atoms with E-state index in [-0.39, 0.29) is 19.0 Å². The Morgan fingerprint density at radius 3 is 2.14 bits per heavy atom. The topological polar surface area (TPSA) is 118 Å². The lowest BCUT2D eigenvalue weighted by atomic mass is 9.77. The molecule has 1 heterocycles. The smallest absolute Gasteiger partial charge is 0.481 e. The van der Waals surface area contributed by atoms with E-state index >= 15 is 0 Å². The number of imide groups is 1. The zero-order valence-corrected chi connectivity index (χ0v) is 13.7. The summed E-state index contributed by atoms with van der Waals surface area (Å²) in [4.78, 5) is 35.8. The van der Waals surface area contributed by atoms with Gasteiger partial charge in [-0.2, -0.15) is 9.28 Å². The van der Waals surface area contributed by atoms with Crippen LogP contribution in [0.25, 0.3) is 0 Å². The summed E-state index contributed by atoms with van der Waals surface area (Å²) < 4.78 is -0.683. The minimum Gasteiger partial charge on any atom is -0.481 e. The highest BCUT2D eigenvalue weighted by Crippen LogP contribution is 2.33. The molecule has 0 aliphatic carbocycles. The van der Waals surface area contributed by atoms with Crippen LogP contribution in [-0.4, -0.2) is 51.3 Å². The average Bonchev–Trinajstić information content (AvgIpc) is 2.75. The van der Waals surface area contributed by atoms with Gasteiger partial charge >= 0.3 is 18.0 Å². The fourth-order valence-electron chi connectivity index (χ4n) is 3.26.